The van der Waals surface area contributed by atoms with Gasteiger partial charge in [0.15, 0.2) is 0 Å². The SMILES string of the molecule is COc1ccc2[nH]c(C(=O)N3CCCC(c4nccn4C)C3)cc2c1. The molecule has 4 rings (SSSR count). The number of nitrogens with zero attached hydrogens (tertiary/aromatic N) is 3. The van der Waals surface area contributed by atoms with Crippen molar-refractivity contribution in [2.45, 2.75) is 18.8 Å². The Morgan fingerprint density at radius 1 is 1.36 bits per heavy atom. The summed E-state index contributed by atoms with van der Waals surface area (Å²) in [5.41, 5.74) is 1.57. The monoisotopic (exact) mass is 338 g/mol. The minimum absolute atomic E-state index is 0.0501. The number of hydrogen-bond acceptors (Lipinski definition) is 3. The van der Waals surface area contributed by atoms with Gasteiger partial charge in [-0.3, -0.25) is 4.79 Å². The van der Waals surface area contributed by atoms with Gasteiger partial charge in [-0.25, -0.2) is 4.98 Å². The third-order valence-corrected chi connectivity index (χ3v) is 4.99. The summed E-state index contributed by atoms with van der Waals surface area (Å²) in [4.78, 5) is 22.6. The zero-order valence-electron chi connectivity index (χ0n) is 14.5. The zero-order chi connectivity index (χ0) is 17.4. The van der Waals surface area contributed by atoms with Crippen LogP contribution in [0.25, 0.3) is 10.9 Å². The lowest BCUT2D eigenvalue weighted by Crippen LogP contribution is -2.39. The molecule has 1 aliphatic rings. The van der Waals surface area contributed by atoms with E-state index in [4.69, 9.17) is 4.74 Å². The van der Waals surface area contributed by atoms with E-state index in [-0.39, 0.29) is 5.91 Å². The van der Waals surface area contributed by atoms with Crippen molar-refractivity contribution in [1.29, 1.82) is 0 Å². The number of rotatable bonds is 3. The summed E-state index contributed by atoms with van der Waals surface area (Å²) in [5.74, 6) is 2.19. The van der Waals surface area contributed by atoms with Crippen LogP contribution in [0.15, 0.2) is 36.7 Å². The highest BCUT2D eigenvalue weighted by Crippen LogP contribution is 2.27. The highest BCUT2D eigenvalue weighted by Gasteiger charge is 2.28. The van der Waals surface area contributed by atoms with Gasteiger partial charge in [0, 0.05) is 49.4 Å². The molecule has 1 atom stereocenters. The van der Waals surface area contributed by atoms with Crippen LogP contribution in [-0.4, -0.2) is 45.5 Å². The smallest absolute Gasteiger partial charge is 0.270 e. The molecule has 6 nitrogen and oxygen atoms in total. The molecule has 25 heavy (non-hydrogen) atoms. The highest BCUT2D eigenvalue weighted by molar-refractivity contribution is 5.98. The van der Waals surface area contributed by atoms with E-state index >= 15 is 0 Å². The van der Waals surface area contributed by atoms with Gasteiger partial charge >= 0.3 is 0 Å². The zero-order valence-corrected chi connectivity index (χ0v) is 14.5. The fourth-order valence-electron chi connectivity index (χ4n) is 3.67. The fraction of sp³-hybridized carbons (Fsp3) is 0.368. The molecule has 1 amide bonds. The Kier molecular flexibility index (Phi) is 3.95. The number of fused-ring (bicyclic) bond motifs is 1. The van der Waals surface area contributed by atoms with E-state index in [9.17, 15) is 4.79 Å². The number of aromatic nitrogens is 3. The molecule has 2 aromatic heterocycles. The van der Waals surface area contributed by atoms with Gasteiger partial charge in [0.2, 0.25) is 0 Å². The minimum atomic E-state index is 0.0501. The molecule has 0 saturated carbocycles. The highest BCUT2D eigenvalue weighted by atomic mass is 16.5. The molecule has 1 N–H and O–H groups in total. The number of piperidine rings is 1. The maximum atomic E-state index is 13.0. The van der Waals surface area contributed by atoms with Crippen LogP contribution < -0.4 is 4.74 Å². The average Bonchev–Trinajstić information content (AvgIpc) is 3.26. The third-order valence-electron chi connectivity index (χ3n) is 4.99. The standard InChI is InChI=1S/C19H22N4O2/c1-22-9-7-20-18(22)13-4-3-8-23(12-13)19(24)17-11-14-10-15(25-2)5-6-16(14)21-17/h5-7,9-11,13,21H,3-4,8,12H2,1-2H3. The second-order valence-electron chi connectivity index (χ2n) is 6.62. The van der Waals surface area contributed by atoms with E-state index < -0.39 is 0 Å². The number of imidazole rings is 1. The first kappa shape index (κ1) is 15.7. The van der Waals surface area contributed by atoms with Crippen molar-refractivity contribution in [2.24, 2.45) is 7.05 Å². The third kappa shape index (κ3) is 2.88. The normalized spacial score (nSPS) is 17.8. The van der Waals surface area contributed by atoms with Crippen molar-refractivity contribution < 1.29 is 9.53 Å². The first-order chi connectivity index (χ1) is 12.2. The molecule has 1 aliphatic heterocycles. The summed E-state index contributed by atoms with van der Waals surface area (Å²) in [6, 6.07) is 7.68. The molecule has 1 saturated heterocycles. The number of nitrogens with one attached hydrogen (secondary N) is 1. The van der Waals surface area contributed by atoms with E-state index in [1.54, 1.807) is 7.11 Å². The summed E-state index contributed by atoms with van der Waals surface area (Å²) in [6.07, 6.45) is 5.85. The van der Waals surface area contributed by atoms with E-state index in [1.807, 2.05) is 53.2 Å². The van der Waals surface area contributed by atoms with E-state index in [2.05, 4.69) is 9.97 Å². The Hall–Kier alpha value is -2.76. The predicted molar refractivity (Wildman–Crippen MR) is 95.9 cm³/mol. The van der Waals surface area contributed by atoms with Gasteiger partial charge in [0.05, 0.1) is 7.11 Å². The number of aromatic amines is 1. The van der Waals surface area contributed by atoms with Crippen molar-refractivity contribution in [1.82, 2.24) is 19.4 Å². The second kappa shape index (κ2) is 6.27. The number of likely N-dealkylation sites (tertiary alicyclic amines) is 1. The summed E-state index contributed by atoms with van der Waals surface area (Å²) in [5, 5.41) is 0.986. The van der Waals surface area contributed by atoms with Crippen LogP contribution in [0.2, 0.25) is 0 Å². The number of H-pyrrole nitrogens is 1. The van der Waals surface area contributed by atoms with Crippen molar-refractivity contribution in [3.63, 3.8) is 0 Å². The molecule has 130 valence electrons. The van der Waals surface area contributed by atoms with Gasteiger partial charge in [-0.1, -0.05) is 0 Å². The number of benzene rings is 1. The van der Waals surface area contributed by atoms with Crippen LogP contribution in [0.5, 0.6) is 5.75 Å². The molecular weight excluding hydrogens is 316 g/mol. The lowest BCUT2D eigenvalue weighted by Gasteiger charge is -2.32. The molecular formula is C19H22N4O2. The number of methoxy groups -OCH3 is 1. The maximum absolute atomic E-state index is 13.0. The molecule has 0 spiro atoms. The predicted octanol–water partition coefficient (Wildman–Crippen LogP) is 2.93. The lowest BCUT2D eigenvalue weighted by molar-refractivity contribution is 0.0698. The van der Waals surface area contributed by atoms with Crippen LogP contribution in [0.3, 0.4) is 0 Å². The first-order valence-corrected chi connectivity index (χ1v) is 8.59. The molecule has 3 heterocycles. The van der Waals surface area contributed by atoms with E-state index in [1.165, 1.54) is 0 Å². The quantitative estimate of drug-likeness (QED) is 0.799. The number of aryl methyl sites for hydroxylation is 1. The molecule has 1 unspecified atom stereocenters. The van der Waals surface area contributed by atoms with Crippen LogP contribution in [0.4, 0.5) is 0 Å². The second-order valence-corrected chi connectivity index (χ2v) is 6.62. The number of ether oxygens (including phenoxy) is 1. The van der Waals surface area contributed by atoms with Crippen molar-refractivity contribution in [3.8, 4) is 5.75 Å². The van der Waals surface area contributed by atoms with Gasteiger partial charge in [0.25, 0.3) is 5.91 Å². The Morgan fingerprint density at radius 2 is 2.24 bits per heavy atom. The van der Waals surface area contributed by atoms with Gasteiger partial charge in [0.1, 0.15) is 17.3 Å². The van der Waals surface area contributed by atoms with Gasteiger partial charge in [-0.2, -0.15) is 0 Å². The largest absolute Gasteiger partial charge is 0.497 e. The van der Waals surface area contributed by atoms with Crippen LogP contribution in [0.1, 0.15) is 35.1 Å². The molecule has 6 heteroatoms. The summed E-state index contributed by atoms with van der Waals surface area (Å²) in [7, 11) is 3.65. The molecule has 3 aromatic rings. The summed E-state index contributed by atoms with van der Waals surface area (Å²) < 4.78 is 7.31. The molecule has 0 radical (unpaired) electrons. The van der Waals surface area contributed by atoms with Gasteiger partial charge in [-0.05, 0) is 37.1 Å². The lowest BCUT2D eigenvalue weighted by atomic mass is 9.97. The molecule has 1 aromatic carbocycles. The number of carbonyl (C=O) groups excluding carboxylic acids is 1. The Bertz CT molecular complexity index is 911. The average molecular weight is 338 g/mol. The van der Waals surface area contributed by atoms with E-state index in [0.29, 0.717) is 18.2 Å². The van der Waals surface area contributed by atoms with Crippen LogP contribution in [0, 0.1) is 0 Å². The number of hydrogen-bond donors (Lipinski definition) is 1. The maximum Gasteiger partial charge on any atom is 0.270 e. The topological polar surface area (TPSA) is 63.2 Å². The number of amides is 1. The van der Waals surface area contributed by atoms with Crippen LogP contribution in [-0.2, 0) is 7.05 Å². The number of carbonyl (C=O) groups is 1. The Labute approximate surface area is 146 Å². The Morgan fingerprint density at radius 3 is 3.00 bits per heavy atom. The molecule has 1 fully saturated rings. The summed E-state index contributed by atoms with van der Waals surface area (Å²) >= 11 is 0. The van der Waals surface area contributed by atoms with Gasteiger partial charge < -0.3 is 19.2 Å². The van der Waals surface area contributed by atoms with Crippen LogP contribution >= 0.6 is 0 Å². The minimum Gasteiger partial charge on any atom is -0.497 e. The van der Waals surface area contributed by atoms with Gasteiger partial charge in [-0.15, -0.1) is 0 Å². The van der Waals surface area contributed by atoms with Crippen molar-refractivity contribution >= 4 is 16.8 Å². The molecule has 0 bridgehead atoms. The van der Waals surface area contributed by atoms with Crippen molar-refractivity contribution in [3.05, 3.63) is 48.2 Å². The first-order valence-electron chi connectivity index (χ1n) is 8.59. The molecule has 0 aliphatic carbocycles. The summed E-state index contributed by atoms with van der Waals surface area (Å²) in [6.45, 7) is 1.50. The fourth-order valence-corrected chi connectivity index (χ4v) is 3.67. The van der Waals surface area contributed by atoms with Crippen molar-refractivity contribution in [2.75, 3.05) is 20.2 Å². The van der Waals surface area contributed by atoms with E-state index in [0.717, 1.165) is 41.9 Å². The Balaban J connectivity index is 1.56.